The largest absolute Gasteiger partial charge is 0.328 e. The van der Waals surface area contributed by atoms with Gasteiger partial charge in [-0.3, -0.25) is 0 Å². The Balaban J connectivity index is 2.04. The molecular formula is C12H26N2. The van der Waals surface area contributed by atoms with E-state index >= 15 is 0 Å². The van der Waals surface area contributed by atoms with E-state index in [2.05, 4.69) is 26.1 Å². The zero-order valence-electron chi connectivity index (χ0n) is 9.92. The third-order valence-electron chi connectivity index (χ3n) is 3.62. The van der Waals surface area contributed by atoms with Crippen LogP contribution < -0.4 is 11.1 Å². The van der Waals surface area contributed by atoms with Crippen LogP contribution in [0.5, 0.6) is 0 Å². The molecule has 0 aliphatic heterocycles. The molecule has 2 nitrogen and oxygen atoms in total. The predicted octanol–water partition coefficient (Wildman–Crippen LogP) is 2.00. The number of nitrogens with one attached hydrogen (secondary N) is 1. The van der Waals surface area contributed by atoms with Crippen molar-refractivity contribution >= 4 is 0 Å². The number of rotatable bonds is 5. The van der Waals surface area contributed by atoms with E-state index in [-0.39, 0.29) is 0 Å². The minimum atomic E-state index is 0.476. The van der Waals surface area contributed by atoms with Gasteiger partial charge in [-0.05, 0) is 50.1 Å². The highest BCUT2D eigenvalue weighted by atomic mass is 14.9. The molecule has 0 aromatic carbocycles. The molecule has 84 valence electrons. The van der Waals surface area contributed by atoms with E-state index in [0.717, 1.165) is 24.3 Å². The normalized spacial score (nSPS) is 29.8. The summed E-state index contributed by atoms with van der Waals surface area (Å²) in [7, 11) is 0. The summed E-state index contributed by atoms with van der Waals surface area (Å²) in [4.78, 5) is 0. The second-order valence-electron chi connectivity index (χ2n) is 5.32. The van der Waals surface area contributed by atoms with Gasteiger partial charge >= 0.3 is 0 Å². The summed E-state index contributed by atoms with van der Waals surface area (Å²) in [5.41, 5.74) is 5.88. The first-order chi connectivity index (χ1) is 6.59. The molecular weight excluding hydrogens is 172 g/mol. The van der Waals surface area contributed by atoms with E-state index in [4.69, 9.17) is 5.73 Å². The van der Waals surface area contributed by atoms with Crippen molar-refractivity contribution in [3.05, 3.63) is 0 Å². The summed E-state index contributed by atoms with van der Waals surface area (Å²) in [6.45, 7) is 9.22. The highest BCUT2D eigenvalue weighted by Crippen LogP contribution is 2.23. The molecule has 0 spiro atoms. The Kier molecular flexibility index (Phi) is 4.90. The quantitative estimate of drug-likeness (QED) is 0.709. The predicted molar refractivity (Wildman–Crippen MR) is 62.2 cm³/mol. The standard InChI is InChI=1S/C12H26N2/c1-9(2)10(3)7-14-8-11-4-5-12(13)6-11/h9-12,14H,4-8,13H2,1-3H3. The van der Waals surface area contributed by atoms with Crippen LogP contribution in [-0.4, -0.2) is 19.1 Å². The summed E-state index contributed by atoms with van der Waals surface area (Å²) < 4.78 is 0. The van der Waals surface area contributed by atoms with Crippen LogP contribution in [-0.2, 0) is 0 Å². The van der Waals surface area contributed by atoms with Gasteiger partial charge in [0.25, 0.3) is 0 Å². The molecule has 1 rings (SSSR count). The molecule has 0 heterocycles. The smallest absolute Gasteiger partial charge is 0.00420 e. The lowest BCUT2D eigenvalue weighted by Gasteiger charge is -2.18. The molecule has 0 saturated heterocycles. The van der Waals surface area contributed by atoms with E-state index in [1.807, 2.05) is 0 Å². The van der Waals surface area contributed by atoms with Crippen molar-refractivity contribution in [3.63, 3.8) is 0 Å². The summed E-state index contributed by atoms with van der Waals surface area (Å²) in [6.07, 6.45) is 3.78. The van der Waals surface area contributed by atoms with Crippen LogP contribution in [0.25, 0.3) is 0 Å². The Bertz CT molecular complexity index is 156. The Morgan fingerprint density at radius 3 is 2.50 bits per heavy atom. The fraction of sp³-hybridized carbons (Fsp3) is 1.00. The minimum absolute atomic E-state index is 0.476. The first-order valence-corrected chi connectivity index (χ1v) is 6.06. The molecule has 0 radical (unpaired) electrons. The average Bonchev–Trinajstić information content (AvgIpc) is 2.51. The van der Waals surface area contributed by atoms with Gasteiger partial charge in [-0.15, -0.1) is 0 Å². The van der Waals surface area contributed by atoms with Crippen LogP contribution in [0.2, 0.25) is 0 Å². The lowest BCUT2D eigenvalue weighted by atomic mass is 9.98. The average molecular weight is 198 g/mol. The summed E-state index contributed by atoms with van der Waals surface area (Å²) in [5, 5.41) is 3.57. The van der Waals surface area contributed by atoms with E-state index in [0.29, 0.717) is 6.04 Å². The summed E-state index contributed by atoms with van der Waals surface area (Å²) in [5.74, 6) is 2.41. The first kappa shape index (κ1) is 12.0. The van der Waals surface area contributed by atoms with E-state index in [1.165, 1.54) is 25.8 Å². The van der Waals surface area contributed by atoms with Crippen LogP contribution in [0, 0.1) is 17.8 Å². The maximum absolute atomic E-state index is 5.88. The Hall–Kier alpha value is -0.0800. The number of hydrogen-bond acceptors (Lipinski definition) is 2. The molecule has 0 amide bonds. The van der Waals surface area contributed by atoms with Gasteiger partial charge in [-0.1, -0.05) is 20.8 Å². The van der Waals surface area contributed by atoms with Crippen molar-refractivity contribution in [2.75, 3.05) is 13.1 Å². The molecule has 0 bridgehead atoms. The lowest BCUT2D eigenvalue weighted by Crippen LogP contribution is -2.29. The molecule has 0 aromatic rings. The van der Waals surface area contributed by atoms with Gasteiger partial charge in [0.2, 0.25) is 0 Å². The zero-order valence-corrected chi connectivity index (χ0v) is 9.92. The van der Waals surface area contributed by atoms with Gasteiger partial charge in [0.15, 0.2) is 0 Å². The molecule has 0 aromatic heterocycles. The first-order valence-electron chi connectivity index (χ1n) is 6.06. The Labute approximate surface area is 88.6 Å². The SMILES string of the molecule is CC(C)C(C)CNCC1CCC(N)C1. The fourth-order valence-electron chi connectivity index (χ4n) is 2.05. The van der Waals surface area contributed by atoms with Gasteiger partial charge in [0.05, 0.1) is 0 Å². The van der Waals surface area contributed by atoms with Crippen molar-refractivity contribution in [3.8, 4) is 0 Å². The van der Waals surface area contributed by atoms with E-state index in [1.54, 1.807) is 0 Å². The topological polar surface area (TPSA) is 38.0 Å². The lowest BCUT2D eigenvalue weighted by molar-refractivity contribution is 0.373. The van der Waals surface area contributed by atoms with Gasteiger partial charge < -0.3 is 11.1 Å². The maximum Gasteiger partial charge on any atom is 0.00420 e. The molecule has 3 unspecified atom stereocenters. The van der Waals surface area contributed by atoms with Crippen molar-refractivity contribution < 1.29 is 0 Å². The third-order valence-corrected chi connectivity index (χ3v) is 3.62. The van der Waals surface area contributed by atoms with Gasteiger partial charge in [0, 0.05) is 6.04 Å². The second kappa shape index (κ2) is 5.72. The molecule has 3 atom stereocenters. The maximum atomic E-state index is 5.88. The van der Waals surface area contributed by atoms with E-state index in [9.17, 15) is 0 Å². The molecule has 3 N–H and O–H groups in total. The van der Waals surface area contributed by atoms with Crippen molar-refractivity contribution in [1.82, 2.24) is 5.32 Å². The molecule has 1 fully saturated rings. The highest BCUT2D eigenvalue weighted by Gasteiger charge is 2.21. The molecule has 1 aliphatic carbocycles. The summed E-state index contributed by atoms with van der Waals surface area (Å²) in [6, 6.07) is 0.476. The molecule has 1 saturated carbocycles. The Morgan fingerprint density at radius 1 is 1.29 bits per heavy atom. The highest BCUT2D eigenvalue weighted by molar-refractivity contribution is 4.79. The van der Waals surface area contributed by atoms with Crippen molar-refractivity contribution in [2.24, 2.45) is 23.5 Å². The monoisotopic (exact) mass is 198 g/mol. The van der Waals surface area contributed by atoms with E-state index < -0.39 is 0 Å². The van der Waals surface area contributed by atoms with Crippen LogP contribution in [0.4, 0.5) is 0 Å². The van der Waals surface area contributed by atoms with Crippen LogP contribution in [0.3, 0.4) is 0 Å². The number of nitrogens with two attached hydrogens (primary N) is 1. The van der Waals surface area contributed by atoms with Gasteiger partial charge in [-0.2, -0.15) is 0 Å². The van der Waals surface area contributed by atoms with Crippen molar-refractivity contribution in [2.45, 2.75) is 46.1 Å². The molecule has 14 heavy (non-hydrogen) atoms. The fourth-order valence-corrected chi connectivity index (χ4v) is 2.05. The van der Waals surface area contributed by atoms with Crippen LogP contribution >= 0.6 is 0 Å². The van der Waals surface area contributed by atoms with Crippen LogP contribution in [0.15, 0.2) is 0 Å². The number of hydrogen-bond donors (Lipinski definition) is 2. The van der Waals surface area contributed by atoms with Crippen molar-refractivity contribution in [1.29, 1.82) is 0 Å². The summed E-state index contributed by atoms with van der Waals surface area (Å²) >= 11 is 0. The van der Waals surface area contributed by atoms with Crippen LogP contribution in [0.1, 0.15) is 40.0 Å². The van der Waals surface area contributed by atoms with Gasteiger partial charge in [-0.25, -0.2) is 0 Å². The zero-order chi connectivity index (χ0) is 10.6. The minimum Gasteiger partial charge on any atom is -0.328 e. The second-order valence-corrected chi connectivity index (χ2v) is 5.32. The Morgan fingerprint density at radius 2 is 2.00 bits per heavy atom. The van der Waals surface area contributed by atoms with Gasteiger partial charge in [0.1, 0.15) is 0 Å². The third kappa shape index (κ3) is 3.97. The molecule has 1 aliphatic rings. The molecule has 2 heteroatoms.